The van der Waals surface area contributed by atoms with E-state index in [1.165, 1.54) is 0 Å². The van der Waals surface area contributed by atoms with Gasteiger partial charge in [0.2, 0.25) is 6.04 Å². The Morgan fingerprint density at radius 3 is 1.84 bits per heavy atom. The molecule has 1 aromatic heterocycles. The molecule has 1 aliphatic rings. The highest BCUT2D eigenvalue weighted by atomic mass is 35.5. The van der Waals surface area contributed by atoms with E-state index in [1.807, 2.05) is 18.2 Å². The largest absolute Gasteiger partial charge is 1.00 e. The number of methoxy groups -OCH3 is 6. The first-order valence-corrected chi connectivity index (χ1v) is 11.6. The van der Waals surface area contributed by atoms with Gasteiger partial charge in [-0.2, -0.15) is 4.57 Å². The van der Waals surface area contributed by atoms with Gasteiger partial charge in [-0.15, -0.1) is 0 Å². The van der Waals surface area contributed by atoms with E-state index >= 15 is 0 Å². The summed E-state index contributed by atoms with van der Waals surface area (Å²) in [4.78, 5) is 0. The Morgan fingerprint density at radius 2 is 1.19 bits per heavy atom. The van der Waals surface area contributed by atoms with E-state index in [1.54, 1.807) is 42.7 Å². The molecule has 3 aromatic carbocycles. The summed E-state index contributed by atoms with van der Waals surface area (Å²) in [5, 5.41) is 2.18. The highest BCUT2D eigenvalue weighted by Crippen LogP contribution is 2.42. The van der Waals surface area contributed by atoms with Crippen molar-refractivity contribution in [3.63, 3.8) is 0 Å². The molecule has 37 heavy (non-hydrogen) atoms. The molecule has 7 nitrogen and oxygen atoms in total. The molecule has 0 saturated carbocycles. The summed E-state index contributed by atoms with van der Waals surface area (Å²) in [5.74, 6) is 4.16. The van der Waals surface area contributed by atoms with Crippen molar-refractivity contribution < 1.29 is 45.4 Å². The van der Waals surface area contributed by atoms with Crippen LogP contribution in [0.1, 0.15) is 28.4 Å². The number of rotatable bonds is 7. The molecule has 0 spiro atoms. The molecule has 0 fully saturated rings. The van der Waals surface area contributed by atoms with Crippen LogP contribution in [0.2, 0.25) is 0 Å². The van der Waals surface area contributed by atoms with Crippen molar-refractivity contribution in [2.24, 2.45) is 0 Å². The molecule has 1 atom stereocenters. The third-order valence-electron chi connectivity index (χ3n) is 6.89. The quantitative estimate of drug-likeness (QED) is 0.303. The fraction of sp³-hybridized carbons (Fsp3) is 0.276. The third kappa shape index (κ3) is 4.33. The summed E-state index contributed by atoms with van der Waals surface area (Å²) in [6.45, 7) is 0. The molecule has 0 saturated heterocycles. The highest BCUT2D eigenvalue weighted by molar-refractivity contribution is 5.87. The van der Waals surface area contributed by atoms with Crippen LogP contribution >= 0.6 is 0 Å². The van der Waals surface area contributed by atoms with Crippen molar-refractivity contribution in [3.05, 3.63) is 77.1 Å². The molecular weight excluding hydrogens is 494 g/mol. The number of aromatic nitrogens is 1. The third-order valence-corrected chi connectivity index (χ3v) is 6.89. The van der Waals surface area contributed by atoms with Crippen LogP contribution in [0.3, 0.4) is 0 Å². The lowest BCUT2D eigenvalue weighted by atomic mass is 9.86. The van der Waals surface area contributed by atoms with E-state index in [4.69, 9.17) is 28.4 Å². The molecule has 194 valence electrons. The van der Waals surface area contributed by atoms with Gasteiger partial charge >= 0.3 is 0 Å². The molecular formula is C29H30ClNO6. The second-order valence-electron chi connectivity index (χ2n) is 8.56. The van der Waals surface area contributed by atoms with Crippen LogP contribution < -0.4 is 45.4 Å². The lowest BCUT2D eigenvalue weighted by Crippen LogP contribution is -3.00. The molecule has 1 aliphatic heterocycles. The van der Waals surface area contributed by atoms with E-state index in [0.29, 0.717) is 40.9 Å². The first-order chi connectivity index (χ1) is 17.6. The van der Waals surface area contributed by atoms with E-state index < -0.39 is 0 Å². The molecule has 0 bridgehead atoms. The first-order valence-electron chi connectivity index (χ1n) is 11.6. The Balaban J connectivity index is 0.00000320. The van der Waals surface area contributed by atoms with Gasteiger partial charge in [0.1, 0.15) is 0 Å². The Morgan fingerprint density at radius 1 is 0.622 bits per heavy atom. The predicted molar refractivity (Wildman–Crippen MR) is 136 cm³/mol. The van der Waals surface area contributed by atoms with Crippen molar-refractivity contribution in [3.8, 4) is 34.5 Å². The van der Waals surface area contributed by atoms with Gasteiger partial charge in [0.05, 0.1) is 54.5 Å². The van der Waals surface area contributed by atoms with E-state index in [9.17, 15) is 0 Å². The summed E-state index contributed by atoms with van der Waals surface area (Å²) in [5.41, 5.74) is 4.52. The van der Waals surface area contributed by atoms with Gasteiger partial charge in [-0.3, -0.25) is 0 Å². The van der Waals surface area contributed by atoms with E-state index in [-0.39, 0.29) is 18.4 Å². The van der Waals surface area contributed by atoms with E-state index in [2.05, 4.69) is 41.1 Å². The smallest absolute Gasteiger partial charge is 0.209 e. The van der Waals surface area contributed by atoms with Crippen LogP contribution in [0, 0.1) is 0 Å². The Hall–Kier alpha value is -3.84. The fourth-order valence-corrected chi connectivity index (χ4v) is 5.14. The summed E-state index contributed by atoms with van der Waals surface area (Å²) >= 11 is 0. The van der Waals surface area contributed by atoms with Gasteiger partial charge in [-0.25, -0.2) is 0 Å². The molecule has 0 amide bonds. The summed E-state index contributed by atoms with van der Waals surface area (Å²) in [6, 6.07) is 16.3. The topological polar surface area (TPSA) is 59.3 Å². The van der Waals surface area contributed by atoms with Gasteiger partial charge in [0, 0.05) is 17.2 Å². The fourth-order valence-electron chi connectivity index (χ4n) is 5.14. The number of nitrogens with zero attached hydrogens (tertiary/aromatic N) is 1. The minimum atomic E-state index is -0.124. The van der Waals surface area contributed by atoms with Crippen molar-refractivity contribution in [1.29, 1.82) is 0 Å². The molecule has 1 unspecified atom stereocenters. The lowest BCUT2D eigenvalue weighted by molar-refractivity contribution is -0.712. The molecule has 2 heterocycles. The van der Waals surface area contributed by atoms with Crippen LogP contribution in [0.4, 0.5) is 0 Å². The molecule has 5 rings (SSSR count). The SMILES string of the molecule is COc1ccc(C2c3cc(OC)c(OC)cc3Cc3c4cc(OC)c(OC)cc4cc[n+]32)cc1OC.[Cl-]. The number of halogens is 1. The number of benzene rings is 3. The average Bonchev–Trinajstić information content (AvgIpc) is 2.93. The van der Waals surface area contributed by atoms with Crippen molar-refractivity contribution >= 4 is 10.8 Å². The summed E-state index contributed by atoms with van der Waals surface area (Å²) < 4.78 is 36.0. The van der Waals surface area contributed by atoms with Gasteiger partial charge in [0.15, 0.2) is 46.4 Å². The standard InChI is InChI=1S/C29H30NO6.ClH/c1-31-23-8-7-18(13-24(23)32-2)29-21-16-28(36-6)26(34-4)14-19(21)11-22-20-15-27(35-5)25(33-3)12-17(20)9-10-30(22)29;/h7-10,12-16,29H,11H2,1-6H3;1H/q+1;/p-1. The predicted octanol–water partition coefficient (Wildman–Crippen LogP) is 1.72. The normalized spacial score (nSPS) is 13.6. The minimum absolute atomic E-state index is 0. The van der Waals surface area contributed by atoms with Crippen LogP contribution in [0.25, 0.3) is 10.8 Å². The van der Waals surface area contributed by atoms with Crippen LogP contribution in [-0.2, 0) is 6.42 Å². The van der Waals surface area contributed by atoms with Gasteiger partial charge in [-0.1, -0.05) is 0 Å². The van der Waals surface area contributed by atoms with Crippen molar-refractivity contribution in [2.45, 2.75) is 12.5 Å². The van der Waals surface area contributed by atoms with Gasteiger partial charge in [0.25, 0.3) is 0 Å². The Labute approximate surface area is 222 Å². The zero-order valence-corrected chi connectivity index (χ0v) is 22.5. The maximum absolute atomic E-state index is 5.67. The molecule has 4 aromatic rings. The second-order valence-corrected chi connectivity index (χ2v) is 8.56. The molecule has 0 N–H and O–H groups in total. The monoisotopic (exact) mass is 523 g/mol. The number of ether oxygens (including phenoxy) is 6. The van der Waals surface area contributed by atoms with Crippen LogP contribution in [0.15, 0.2) is 54.7 Å². The molecule has 0 aliphatic carbocycles. The number of hydrogen-bond acceptors (Lipinski definition) is 6. The maximum atomic E-state index is 5.67. The lowest BCUT2D eigenvalue weighted by Gasteiger charge is -2.26. The summed E-state index contributed by atoms with van der Waals surface area (Å²) in [6.07, 6.45) is 2.84. The number of fused-ring (bicyclic) bond motifs is 4. The van der Waals surface area contributed by atoms with Crippen molar-refractivity contribution in [2.75, 3.05) is 42.7 Å². The highest BCUT2D eigenvalue weighted by Gasteiger charge is 2.37. The number of pyridine rings is 1. The number of hydrogen-bond donors (Lipinski definition) is 0. The van der Waals surface area contributed by atoms with Crippen LogP contribution in [0.5, 0.6) is 34.5 Å². The Bertz CT molecular complexity index is 1450. The van der Waals surface area contributed by atoms with Gasteiger partial charge < -0.3 is 40.8 Å². The molecule has 8 heteroatoms. The summed E-state index contributed by atoms with van der Waals surface area (Å²) in [7, 11) is 9.92. The van der Waals surface area contributed by atoms with Crippen molar-refractivity contribution in [1.82, 2.24) is 0 Å². The molecule has 0 radical (unpaired) electrons. The van der Waals surface area contributed by atoms with E-state index in [0.717, 1.165) is 33.2 Å². The first kappa shape index (κ1) is 26.2. The minimum Gasteiger partial charge on any atom is -1.00 e. The van der Waals surface area contributed by atoms with Crippen LogP contribution in [-0.4, -0.2) is 42.7 Å². The zero-order chi connectivity index (χ0) is 25.4. The Kier molecular flexibility index (Phi) is 7.55. The van der Waals surface area contributed by atoms with Gasteiger partial charge in [-0.05, 0) is 53.4 Å². The second kappa shape index (κ2) is 10.6. The maximum Gasteiger partial charge on any atom is 0.209 e. The zero-order valence-electron chi connectivity index (χ0n) is 21.8. The average molecular weight is 524 g/mol.